The lowest BCUT2D eigenvalue weighted by Crippen LogP contribution is -2.13. The Morgan fingerprint density at radius 2 is 2.12 bits per heavy atom. The van der Waals surface area contributed by atoms with E-state index in [4.69, 9.17) is 28.3 Å². The molecule has 0 aliphatic rings. The molecule has 0 saturated heterocycles. The average molecular weight is 271 g/mol. The van der Waals surface area contributed by atoms with Crippen molar-refractivity contribution in [1.29, 1.82) is 0 Å². The molecule has 0 saturated carbocycles. The molecule has 0 amide bonds. The number of halogens is 2. The molecular weight excluding hydrogens is 263 g/mol. The van der Waals surface area contributed by atoms with Gasteiger partial charge < -0.3 is 10.4 Å². The Kier molecular flexibility index (Phi) is 3.36. The van der Waals surface area contributed by atoms with E-state index in [1.54, 1.807) is 24.4 Å². The van der Waals surface area contributed by atoms with Crippen LogP contribution in [0.5, 0.6) is 0 Å². The number of hydrogen-bond donors (Lipinski definition) is 2. The molecular formula is C11H8Cl2N2O2. The Bertz CT molecular complexity index is 587. The molecule has 2 rings (SSSR count). The summed E-state index contributed by atoms with van der Waals surface area (Å²) < 4.78 is 0. The standard InChI is InChI=1S/C11H8Cl2N2O2/c12-6-3-8-7(9(13)4-6)1-2-14-11(8)15-5-10(16)17/h1-4H,5H2,(H,14,15)(H,16,17). The number of fused-ring (bicyclic) bond motifs is 1. The molecule has 88 valence electrons. The van der Waals surface area contributed by atoms with Crippen LogP contribution in [0.25, 0.3) is 10.8 Å². The summed E-state index contributed by atoms with van der Waals surface area (Å²) in [6.07, 6.45) is 1.56. The molecule has 0 fully saturated rings. The van der Waals surface area contributed by atoms with Gasteiger partial charge in [-0.1, -0.05) is 23.2 Å². The third-order valence-electron chi connectivity index (χ3n) is 2.20. The normalized spacial score (nSPS) is 10.5. The van der Waals surface area contributed by atoms with E-state index in [0.29, 0.717) is 21.2 Å². The maximum Gasteiger partial charge on any atom is 0.322 e. The molecule has 6 heteroatoms. The maximum absolute atomic E-state index is 10.5. The molecule has 0 aliphatic carbocycles. The quantitative estimate of drug-likeness (QED) is 0.900. The van der Waals surface area contributed by atoms with Gasteiger partial charge in [0.05, 0.1) is 5.02 Å². The van der Waals surface area contributed by atoms with Crippen LogP contribution in [-0.4, -0.2) is 22.6 Å². The third kappa shape index (κ3) is 2.60. The molecule has 4 nitrogen and oxygen atoms in total. The van der Waals surface area contributed by atoms with Crippen molar-refractivity contribution in [2.45, 2.75) is 0 Å². The fraction of sp³-hybridized carbons (Fsp3) is 0.0909. The van der Waals surface area contributed by atoms with Crippen LogP contribution in [0, 0.1) is 0 Å². The first kappa shape index (κ1) is 12.0. The van der Waals surface area contributed by atoms with Crippen LogP contribution in [0.4, 0.5) is 5.82 Å². The van der Waals surface area contributed by atoms with Crippen LogP contribution in [0.1, 0.15) is 0 Å². The Morgan fingerprint density at radius 1 is 1.35 bits per heavy atom. The minimum atomic E-state index is -0.961. The zero-order chi connectivity index (χ0) is 12.4. The number of benzene rings is 1. The Labute approximate surface area is 107 Å². The molecule has 2 aromatic rings. The predicted molar refractivity (Wildman–Crippen MR) is 67.9 cm³/mol. The summed E-state index contributed by atoms with van der Waals surface area (Å²) in [4.78, 5) is 14.6. The Balaban J connectivity index is 2.52. The predicted octanol–water partition coefficient (Wildman–Crippen LogP) is 3.04. The second kappa shape index (κ2) is 4.77. The molecule has 0 unspecified atom stereocenters. The van der Waals surface area contributed by atoms with Gasteiger partial charge in [-0.2, -0.15) is 0 Å². The largest absolute Gasteiger partial charge is 0.480 e. The van der Waals surface area contributed by atoms with E-state index in [1.165, 1.54) is 0 Å². The number of nitrogens with one attached hydrogen (secondary N) is 1. The van der Waals surface area contributed by atoms with Gasteiger partial charge in [0.2, 0.25) is 0 Å². The number of rotatable bonds is 3. The first-order valence-electron chi connectivity index (χ1n) is 4.77. The van der Waals surface area contributed by atoms with Gasteiger partial charge in [-0.25, -0.2) is 4.98 Å². The maximum atomic E-state index is 10.5. The number of aliphatic carboxylic acids is 1. The average Bonchev–Trinajstić information content (AvgIpc) is 2.26. The minimum Gasteiger partial charge on any atom is -0.480 e. The molecule has 0 atom stereocenters. The van der Waals surface area contributed by atoms with E-state index in [0.717, 1.165) is 5.39 Å². The van der Waals surface area contributed by atoms with Crippen molar-refractivity contribution >= 4 is 45.8 Å². The lowest BCUT2D eigenvalue weighted by molar-refractivity contribution is -0.134. The first-order chi connectivity index (χ1) is 8.08. The number of nitrogens with zero attached hydrogens (tertiary/aromatic N) is 1. The van der Waals surface area contributed by atoms with Gasteiger partial charge in [0.1, 0.15) is 12.4 Å². The number of pyridine rings is 1. The summed E-state index contributed by atoms with van der Waals surface area (Å²) in [5.41, 5.74) is 0. The van der Waals surface area contributed by atoms with E-state index in [1.807, 2.05) is 0 Å². The lowest BCUT2D eigenvalue weighted by Gasteiger charge is -2.08. The smallest absolute Gasteiger partial charge is 0.322 e. The number of hydrogen-bond acceptors (Lipinski definition) is 3. The molecule has 1 heterocycles. The molecule has 1 aromatic carbocycles. The summed E-state index contributed by atoms with van der Waals surface area (Å²) >= 11 is 11.9. The zero-order valence-corrected chi connectivity index (χ0v) is 10.1. The molecule has 0 spiro atoms. The first-order valence-corrected chi connectivity index (χ1v) is 5.53. The second-order valence-electron chi connectivity index (χ2n) is 3.39. The third-order valence-corrected chi connectivity index (χ3v) is 2.73. The van der Waals surface area contributed by atoms with Crippen LogP contribution in [0.15, 0.2) is 24.4 Å². The van der Waals surface area contributed by atoms with Gasteiger partial charge in [0, 0.05) is 22.0 Å². The highest BCUT2D eigenvalue weighted by atomic mass is 35.5. The van der Waals surface area contributed by atoms with Crippen molar-refractivity contribution in [2.75, 3.05) is 11.9 Å². The highest BCUT2D eigenvalue weighted by Crippen LogP contribution is 2.30. The Morgan fingerprint density at radius 3 is 2.82 bits per heavy atom. The molecule has 0 radical (unpaired) electrons. The van der Waals surface area contributed by atoms with E-state index in [-0.39, 0.29) is 6.54 Å². The summed E-state index contributed by atoms with van der Waals surface area (Å²) in [6.45, 7) is -0.212. The monoisotopic (exact) mass is 270 g/mol. The van der Waals surface area contributed by atoms with E-state index < -0.39 is 5.97 Å². The number of carboxylic acid groups (broad SMARTS) is 1. The summed E-state index contributed by atoms with van der Waals surface area (Å²) in [5, 5.41) is 13.8. The zero-order valence-electron chi connectivity index (χ0n) is 8.58. The van der Waals surface area contributed by atoms with Gasteiger partial charge in [-0.05, 0) is 18.2 Å². The van der Waals surface area contributed by atoms with Crippen LogP contribution in [0.3, 0.4) is 0 Å². The lowest BCUT2D eigenvalue weighted by atomic mass is 10.1. The molecule has 0 aliphatic heterocycles. The van der Waals surface area contributed by atoms with Gasteiger partial charge in [-0.3, -0.25) is 4.79 Å². The highest BCUT2D eigenvalue weighted by molar-refractivity contribution is 6.39. The van der Waals surface area contributed by atoms with Crippen LogP contribution in [-0.2, 0) is 4.79 Å². The van der Waals surface area contributed by atoms with Gasteiger partial charge >= 0.3 is 5.97 Å². The highest BCUT2D eigenvalue weighted by Gasteiger charge is 2.07. The minimum absolute atomic E-state index is 0.212. The fourth-order valence-electron chi connectivity index (χ4n) is 1.51. The van der Waals surface area contributed by atoms with Crippen LogP contribution in [0.2, 0.25) is 10.0 Å². The SMILES string of the molecule is O=C(O)CNc1nccc2c(Cl)cc(Cl)cc12. The van der Waals surface area contributed by atoms with Crippen molar-refractivity contribution in [2.24, 2.45) is 0 Å². The van der Waals surface area contributed by atoms with Gasteiger partial charge in [0.25, 0.3) is 0 Å². The molecule has 1 aromatic heterocycles. The van der Waals surface area contributed by atoms with Crippen molar-refractivity contribution < 1.29 is 9.90 Å². The fourth-order valence-corrected chi connectivity index (χ4v) is 2.06. The Hall–Kier alpha value is -1.52. The summed E-state index contributed by atoms with van der Waals surface area (Å²) in [7, 11) is 0. The van der Waals surface area contributed by atoms with Crippen molar-refractivity contribution in [3.63, 3.8) is 0 Å². The topological polar surface area (TPSA) is 62.2 Å². The number of carbonyl (C=O) groups is 1. The second-order valence-corrected chi connectivity index (χ2v) is 4.23. The van der Waals surface area contributed by atoms with E-state index >= 15 is 0 Å². The number of anilines is 1. The van der Waals surface area contributed by atoms with E-state index in [9.17, 15) is 4.79 Å². The summed E-state index contributed by atoms with van der Waals surface area (Å²) in [5.74, 6) is -0.508. The van der Waals surface area contributed by atoms with Crippen molar-refractivity contribution in [3.8, 4) is 0 Å². The van der Waals surface area contributed by atoms with Crippen molar-refractivity contribution in [1.82, 2.24) is 4.98 Å². The summed E-state index contributed by atoms with van der Waals surface area (Å²) in [6, 6.07) is 5.08. The number of carboxylic acids is 1. The van der Waals surface area contributed by atoms with Crippen LogP contribution >= 0.6 is 23.2 Å². The molecule has 17 heavy (non-hydrogen) atoms. The van der Waals surface area contributed by atoms with Crippen molar-refractivity contribution in [3.05, 3.63) is 34.4 Å². The molecule has 2 N–H and O–H groups in total. The number of aromatic nitrogens is 1. The van der Waals surface area contributed by atoms with Gasteiger partial charge in [-0.15, -0.1) is 0 Å². The van der Waals surface area contributed by atoms with E-state index in [2.05, 4.69) is 10.3 Å². The molecule has 0 bridgehead atoms. The van der Waals surface area contributed by atoms with Gasteiger partial charge in [0.15, 0.2) is 0 Å². The van der Waals surface area contributed by atoms with Crippen LogP contribution < -0.4 is 5.32 Å².